The van der Waals surface area contributed by atoms with Crippen LogP contribution < -0.4 is 10.5 Å². The van der Waals surface area contributed by atoms with Crippen molar-refractivity contribution in [3.63, 3.8) is 0 Å². The Hall–Kier alpha value is -0.500. The third-order valence-electron chi connectivity index (χ3n) is 2.09. The summed E-state index contributed by atoms with van der Waals surface area (Å²) in [6.07, 6.45) is 2.53. The molecule has 0 aliphatic heterocycles. The van der Waals surface area contributed by atoms with E-state index < -0.39 is 10.0 Å². The second kappa shape index (κ2) is 7.05. The molecule has 0 saturated heterocycles. The Morgan fingerprint density at radius 3 is 2.76 bits per heavy atom. The maximum absolute atomic E-state index is 10.7. The molecule has 0 aliphatic carbocycles. The fourth-order valence-corrected chi connectivity index (χ4v) is 2.33. The largest absolute Gasteiger partial charge is 0.464 e. The molecule has 1 aromatic heterocycles. The molecular weight excluding hydrogens is 260 g/mol. The summed E-state index contributed by atoms with van der Waals surface area (Å²) in [6, 6.07) is 3.89. The van der Waals surface area contributed by atoms with E-state index in [9.17, 15) is 8.42 Å². The van der Waals surface area contributed by atoms with Crippen LogP contribution >= 0.6 is 11.8 Å². The van der Waals surface area contributed by atoms with E-state index in [-0.39, 0.29) is 5.75 Å². The molecule has 0 spiro atoms. The fourth-order valence-electron chi connectivity index (χ4n) is 1.35. The van der Waals surface area contributed by atoms with Crippen molar-refractivity contribution in [2.75, 3.05) is 18.6 Å². The molecule has 17 heavy (non-hydrogen) atoms. The molecule has 1 aromatic rings. The van der Waals surface area contributed by atoms with Gasteiger partial charge >= 0.3 is 0 Å². The minimum atomic E-state index is -3.34. The van der Waals surface area contributed by atoms with Gasteiger partial charge in [0.05, 0.1) is 18.1 Å². The van der Waals surface area contributed by atoms with Crippen LogP contribution in [0.3, 0.4) is 0 Å². The van der Waals surface area contributed by atoms with Gasteiger partial charge in [-0.2, -0.15) is 11.8 Å². The molecule has 1 heterocycles. The monoisotopic (exact) mass is 278 g/mol. The van der Waals surface area contributed by atoms with E-state index in [1.165, 1.54) is 0 Å². The molecule has 0 atom stereocenters. The molecule has 0 saturated carbocycles. The van der Waals surface area contributed by atoms with Crippen molar-refractivity contribution in [2.24, 2.45) is 5.14 Å². The summed E-state index contributed by atoms with van der Waals surface area (Å²) in [4.78, 5) is 0. The fraction of sp³-hybridized carbons (Fsp3) is 0.600. The highest BCUT2D eigenvalue weighted by molar-refractivity contribution is 7.97. The van der Waals surface area contributed by atoms with Gasteiger partial charge in [0.1, 0.15) is 11.5 Å². The van der Waals surface area contributed by atoms with Gasteiger partial charge in [-0.3, -0.25) is 0 Å². The predicted octanol–water partition coefficient (Wildman–Crippen LogP) is 0.911. The second-order valence-corrected chi connectivity index (χ2v) is 6.30. The van der Waals surface area contributed by atoms with Crippen LogP contribution in [0.15, 0.2) is 16.5 Å². The Labute approximate surface area is 106 Å². The van der Waals surface area contributed by atoms with Gasteiger partial charge in [0.25, 0.3) is 0 Å². The van der Waals surface area contributed by atoms with E-state index in [1.807, 2.05) is 18.4 Å². The molecule has 0 bridgehead atoms. The number of nitrogens with two attached hydrogens (primary N) is 1. The Morgan fingerprint density at radius 1 is 1.41 bits per heavy atom. The lowest BCUT2D eigenvalue weighted by molar-refractivity contribution is 0.459. The Kier molecular flexibility index (Phi) is 6.04. The van der Waals surface area contributed by atoms with E-state index in [2.05, 4.69) is 5.32 Å². The lowest BCUT2D eigenvalue weighted by atomic mass is 10.4. The molecule has 98 valence electrons. The number of sulfonamides is 1. The van der Waals surface area contributed by atoms with Gasteiger partial charge in [-0.15, -0.1) is 0 Å². The molecule has 1 rings (SSSR count). The zero-order valence-corrected chi connectivity index (χ0v) is 11.4. The van der Waals surface area contributed by atoms with Crippen LogP contribution in [0.2, 0.25) is 0 Å². The molecule has 0 fully saturated rings. The predicted molar refractivity (Wildman–Crippen MR) is 70.2 cm³/mol. The summed E-state index contributed by atoms with van der Waals surface area (Å²) in [5.74, 6) is 2.70. The van der Waals surface area contributed by atoms with E-state index in [0.29, 0.717) is 19.5 Å². The van der Waals surface area contributed by atoms with E-state index in [0.717, 1.165) is 17.3 Å². The summed E-state index contributed by atoms with van der Waals surface area (Å²) in [5, 5.41) is 8.00. The molecular formula is C10H18N2O3S2. The molecule has 7 heteroatoms. The first-order valence-electron chi connectivity index (χ1n) is 5.29. The first kappa shape index (κ1) is 14.6. The van der Waals surface area contributed by atoms with E-state index in [4.69, 9.17) is 9.56 Å². The first-order chi connectivity index (χ1) is 8.01. The van der Waals surface area contributed by atoms with Gasteiger partial charge < -0.3 is 9.73 Å². The smallest absolute Gasteiger partial charge is 0.209 e. The highest BCUT2D eigenvalue weighted by Crippen LogP contribution is 2.13. The number of rotatable bonds is 8. The van der Waals surface area contributed by atoms with Crippen molar-refractivity contribution in [1.82, 2.24) is 5.32 Å². The van der Waals surface area contributed by atoms with Crippen LogP contribution in [0, 0.1) is 0 Å². The number of hydrogen-bond acceptors (Lipinski definition) is 5. The van der Waals surface area contributed by atoms with Crippen LogP contribution in [0.1, 0.15) is 17.9 Å². The molecule has 0 aliphatic rings. The third kappa shape index (κ3) is 6.72. The van der Waals surface area contributed by atoms with Crippen LogP contribution in [0.5, 0.6) is 0 Å². The SMILES string of the molecule is CSCc1ccc(CNCCCS(N)(=O)=O)o1. The van der Waals surface area contributed by atoms with Gasteiger partial charge in [-0.05, 0) is 31.4 Å². The summed E-state index contributed by atoms with van der Waals surface area (Å²) in [6.45, 7) is 1.22. The average Bonchev–Trinajstić information content (AvgIpc) is 2.64. The Bertz CT molecular complexity index is 429. The van der Waals surface area contributed by atoms with Crippen molar-refractivity contribution in [3.8, 4) is 0 Å². The van der Waals surface area contributed by atoms with Crippen molar-refractivity contribution in [1.29, 1.82) is 0 Å². The standard InChI is InChI=1S/C10H18N2O3S2/c1-16-8-10-4-3-9(15-10)7-12-5-2-6-17(11,13)14/h3-4,12H,2,5-8H2,1H3,(H2,11,13,14). The normalized spacial score (nSPS) is 11.9. The average molecular weight is 278 g/mol. The van der Waals surface area contributed by atoms with Crippen molar-refractivity contribution in [3.05, 3.63) is 23.7 Å². The van der Waals surface area contributed by atoms with Gasteiger partial charge in [-0.25, -0.2) is 13.6 Å². The zero-order valence-electron chi connectivity index (χ0n) is 9.81. The topological polar surface area (TPSA) is 85.3 Å². The summed E-state index contributed by atoms with van der Waals surface area (Å²) in [7, 11) is -3.34. The summed E-state index contributed by atoms with van der Waals surface area (Å²) >= 11 is 1.71. The lowest BCUT2D eigenvalue weighted by Crippen LogP contribution is -2.21. The van der Waals surface area contributed by atoms with E-state index in [1.54, 1.807) is 11.8 Å². The molecule has 5 nitrogen and oxygen atoms in total. The highest BCUT2D eigenvalue weighted by atomic mass is 32.2. The van der Waals surface area contributed by atoms with Crippen molar-refractivity contribution in [2.45, 2.75) is 18.7 Å². The van der Waals surface area contributed by atoms with Gasteiger partial charge in [-0.1, -0.05) is 0 Å². The van der Waals surface area contributed by atoms with Crippen LogP contribution in [0.4, 0.5) is 0 Å². The number of primary sulfonamides is 1. The molecule has 0 radical (unpaired) electrons. The van der Waals surface area contributed by atoms with Crippen LogP contribution in [0.25, 0.3) is 0 Å². The van der Waals surface area contributed by atoms with Crippen LogP contribution in [-0.2, 0) is 22.3 Å². The van der Waals surface area contributed by atoms with Crippen molar-refractivity contribution >= 4 is 21.8 Å². The van der Waals surface area contributed by atoms with E-state index >= 15 is 0 Å². The number of nitrogens with one attached hydrogen (secondary N) is 1. The highest BCUT2D eigenvalue weighted by Gasteiger charge is 2.03. The maximum atomic E-state index is 10.7. The van der Waals surface area contributed by atoms with Crippen LogP contribution in [-0.4, -0.2) is 27.0 Å². The molecule has 0 unspecified atom stereocenters. The lowest BCUT2D eigenvalue weighted by Gasteiger charge is -2.01. The number of furan rings is 1. The quantitative estimate of drug-likeness (QED) is 0.690. The Balaban J connectivity index is 2.17. The van der Waals surface area contributed by atoms with Gasteiger partial charge in [0, 0.05) is 0 Å². The molecule has 0 aromatic carbocycles. The van der Waals surface area contributed by atoms with Crippen molar-refractivity contribution < 1.29 is 12.8 Å². The third-order valence-corrected chi connectivity index (χ3v) is 3.52. The number of thioether (sulfide) groups is 1. The minimum Gasteiger partial charge on any atom is -0.464 e. The minimum absolute atomic E-state index is 0.00980. The molecule has 3 N–H and O–H groups in total. The number of hydrogen-bond donors (Lipinski definition) is 2. The summed E-state index contributed by atoms with van der Waals surface area (Å²) < 4.78 is 26.9. The molecule has 0 amide bonds. The maximum Gasteiger partial charge on any atom is 0.209 e. The zero-order chi connectivity index (χ0) is 12.7. The van der Waals surface area contributed by atoms with Gasteiger partial charge in [0.15, 0.2) is 0 Å². The first-order valence-corrected chi connectivity index (χ1v) is 8.40. The summed E-state index contributed by atoms with van der Waals surface area (Å²) in [5.41, 5.74) is 0. The second-order valence-electron chi connectivity index (χ2n) is 3.70. The van der Waals surface area contributed by atoms with Gasteiger partial charge in [0.2, 0.25) is 10.0 Å². The Morgan fingerprint density at radius 2 is 2.12 bits per heavy atom.